The fourth-order valence-corrected chi connectivity index (χ4v) is 9.15. The number of anilines is 1. The van der Waals surface area contributed by atoms with Crippen LogP contribution in [0.3, 0.4) is 0 Å². The molecule has 2 aliphatic rings. The van der Waals surface area contributed by atoms with Crippen molar-refractivity contribution in [2.45, 2.75) is 41.5 Å². The van der Waals surface area contributed by atoms with Crippen LogP contribution in [0.1, 0.15) is 41.5 Å². The van der Waals surface area contributed by atoms with Crippen LogP contribution < -0.4 is 8.51 Å². The molecular weight excluding hydrogens is 462 g/mol. The van der Waals surface area contributed by atoms with Gasteiger partial charge in [-0.05, 0) is 0 Å². The summed E-state index contributed by atoms with van der Waals surface area (Å²) in [7, 11) is 2.09. The molecule has 3 nitrogen and oxygen atoms in total. The topological polar surface area (TPSA) is 40.5 Å². The molecule has 150 valence electrons. The Morgan fingerprint density at radius 1 is 1.04 bits per heavy atom. The molecule has 1 heterocycles. The molecular formula is C24H31NO2Te. The summed E-state index contributed by atoms with van der Waals surface area (Å²) in [5.74, 6) is 0.504. The molecule has 0 bridgehead atoms. The maximum absolute atomic E-state index is 13.1. The van der Waals surface area contributed by atoms with Gasteiger partial charge in [0.1, 0.15) is 0 Å². The molecule has 0 fully saturated rings. The average Bonchev–Trinajstić information content (AvgIpc) is 2.87. The van der Waals surface area contributed by atoms with Gasteiger partial charge in [-0.25, -0.2) is 0 Å². The van der Waals surface area contributed by atoms with Crippen LogP contribution in [0.5, 0.6) is 5.75 Å². The quantitative estimate of drug-likeness (QED) is 0.604. The molecule has 0 aromatic heterocycles. The summed E-state index contributed by atoms with van der Waals surface area (Å²) in [5.41, 5.74) is 3.68. The summed E-state index contributed by atoms with van der Waals surface area (Å²) >= 11 is -1.65. The van der Waals surface area contributed by atoms with Crippen LogP contribution in [0.4, 0.5) is 5.69 Å². The number of carbonyl (C=O) groups excluding carboxylic acids is 1. The standard InChI is InChI=1S/C24H31NO2Te/c1-23(2,3)18-12-16(13-19(22(18)27)24(4,5)6)10-11-28-15-25(7)20-14-17(26)8-9-21(20)28/h8-14,26H,15H2,1-7H3. The molecule has 1 N–H and O–H groups in total. The molecule has 1 aromatic rings. The molecule has 3 rings (SSSR count). The second-order valence-electron chi connectivity index (χ2n) is 9.66. The molecule has 1 aliphatic heterocycles. The van der Waals surface area contributed by atoms with E-state index in [9.17, 15) is 9.90 Å². The second kappa shape index (κ2) is 7.32. The van der Waals surface area contributed by atoms with Crippen LogP contribution >= 0.6 is 0 Å². The van der Waals surface area contributed by atoms with E-state index in [1.165, 1.54) is 3.61 Å². The summed E-state index contributed by atoms with van der Waals surface area (Å²) in [6.07, 6.45) is 6.37. The van der Waals surface area contributed by atoms with Crippen molar-refractivity contribution < 1.29 is 9.90 Å². The number of phenols is 1. The number of fused-ring (bicyclic) bond motifs is 1. The number of benzene rings is 1. The Bertz CT molecular complexity index is 914. The van der Waals surface area contributed by atoms with Crippen LogP contribution in [0.2, 0.25) is 0 Å². The summed E-state index contributed by atoms with van der Waals surface area (Å²) in [4.78, 5) is 15.3. The van der Waals surface area contributed by atoms with Crippen LogP contribution in [-0.2, 0) is 4.79 Å². The van der Waals surface area contributed by atoms with E-state index in [0.29, 0.717) is 5.75 Å². The van der Waals surface area contributed by atoms with E-state index < -0.39 is 19.1 Å². The second-order valence-corrected chi connectivity index (χ2v) is 14.9. The molecule has 4 heteroatoms. The number of aromatic hydroxyl groups is 1. The van der Waals surface area contributed by atoms with Crippen molar-refractivity contribution >= 4 is 38.2 Å². The Morgan fingerprint density at radius 2 is 1.61 bits per heavy atom. The number of Topliss-reactive ketones (excluding diaryl/α,β-unsaturated/α-hetero) is 1. The minimum atomic E-state index is -1.65. The summed E-state index contributed by atoms with van der Waals surface area (Å²) in [6.45, 7) is 12.6. The first kappa shape index (κ1) is 21.1. The minimum absolute atomic E-state index is 0.179. The van der Waals surface area contributed by atoms with Crippen LogP contribution in [-0.4, -0.2) is 45.7 Å². The van der Waals surface area contributed by atoms with Gasteiger partial charge in [-0.15, -0.1) is 0 Å². The normalized spacial score (nSPS) is 20.2. The number of phenolic OH excluding ortho intramolecular Hbond substituents is 1. The molecule has 0 amide bonds. The first-order valence-electron chi connectivity index (χ1n) is 9.66. The maximum atomic E-state index is 13.1. The first-order chi connectivity index (χ1) is 12.9. The molecule has 0 saturated heterocycles. The van der Waals surface area contributed by atoms with Gasteiger partial charge in [-0.2, -0.15) is 0 Å². The van der Waals surface area contributed by atoms with Crippen molar-refractivity contribution in [2.75, 3.05) is 16.5 Å². The van der Waals surface area contributed by atoms with E-state index in [0.717, 1.165) is 27.0 Å². The number of hydrogen-bond acceptors (Lipinski definition) is 3. The SMILES string of the molecule is CN1C[Te](=CC=C2C=C(C(C)(C)C)C(=O)C(C(C)(C)C)=C2)c2ccc(O)cc21. The third kappa shape index (κ3) is 4.19. The van der Waals surface area contributed by atoms with Gasteiger partial charge >= 0.3 is 176 Å². The van der Waals surface area contributed by atoms with Gasteiger partial charge in [-0.1, -0.05) is 0 Å². The Hall–Kier alpha value is -1.63. The zero-order chi connectivity index (χ0) is 20.9. The molecule has 0 unspecified atom stereocenters. The third-order valence-corrected chi connectivity index (χ3v) is 10.9. The number of hydrogen-bond donors (Lipinski definition) is 1. The Morgan fingerprint density at radius 3 is 2.14 bits per heavy atom. The molecule has 0 spiro atoms. The molecule has 1 aliphatic carbocycles. The molecule has 28 heavy (non-hydrogen) atoms. The monoisotopic (exact) mass is 495 g/mol. The van der Waals surface area contributed by atoms with E-state index in [1.807, 2.05) is 6.07 Å². The van der Waals surface area contributed by atoms with E-state index >= 15 is 0 Å². The number of allylic oxidation sites excluding steroid dienone is 6. The van der Waals surface area contributed by atoms with Gasteiger partial charge in [0.25, 0.3) is 0 Å². The van der Waals surface area contributed by atoms with E-state index in [-0.39, 0.29) is 16.6 Å². The van der Waals surface area contributed by atoms with Gasteiger partial charge in [0, 0.05) is 0 Å². The van der Waals surface area contributed by atoms with Crippen LogP contribution in [0.25, 0.3) is 0 Å². The van der Waals surface area contributed by atoms with Crippen molar-refractivity contribution in [1.29, 1.82) is 0 Å². The summed E-state index contributed by atoms with van der Waals surface area (Å²) in [6, 6.07) is 5.74. The first-order valence-corrected chi connectivity index (χ1v) is 13.8. The Balaban J connectivity index is 2.06. The van der Waals surface area contributed by atoms with Gasteiger partial charge in [0.2, 0.25) is 0 Å². The fourth-order valence-electron chi connectivity index (χ4n) is 3.51. The van der Waals surface area contributed by atoms with Gasteiger partial charge in [0.05, 0.1) is 0 Å². The summed E-state index contributed by atoms with van der Waals surface area (Å²) < 4.78 is 4.84. The van der Waals surface area contributed by atoms with Crippen molar-refractivity contribution in [3.8, 4) is 5.75 Å². The predicted molar refractivity (Wildman–Crippen MR) is 121 cm³/mol. The van der Waals surface area contributed by atoms with E-state index in [1.54, 1.807) is 6.07 Å². The zero-order valence-electron chi connectivity index (χ0n) is 18.0. The van der Waals surface area contributed by atoms with Gasteiger partial charge in [-0.3, -0.25) is 0 Å². The third-order valence-electron chi connectivity index (χ3n) is 5.12. The Kier molecular flexibility index (Phi) is 5.51. The average molecular weight is 493 g/mol. The number of carbonyl (C=O) groups is 1. The number of nitrogens with zero attached hydrogens (tertiary/aromatic N) is 1. The van der Waals surface area contributed by atoms with Crippen molar-refractivity contribution in [3.63, 3.8) is 0 Å². The van der Waals surface area contributed by atoms with E-state index in [2.05, 4.69) is 81.8 Å². The Labute approximate surface area is 175 Å². The van der Waals surface area contributed by atoms with Crippen molar-refractivity contribution in [3.05, 3.63) is 53.1 Å². The van der Waals surface area contributed by atoms with Crippen molar-refractivity contribution in [1.82, 2.24) is 0 Å². The number of rotatable bonds is 1. The molecule has 0 saturated carbocycles. The predicted octanol–water partition coefficient (Wildman–Crippen LogP) is 3.92. The molecule has 0 radical (unpaired) electrons. The molecule has 1 aromatic carbocycles. The summed E-state index contributed by atoms with van der Waals surface area (Å²) in [5, 5.41) is 9.79. The van der Waals surface area contributed by atoms with Crippen molar-refractivity contribution in [2.24, 2.45) is 10.8 Å². The zero-order valence-corrected chi connectivity index (χ0v) is 20.3. The molecule has 0 atom stereocenters. The number of ketones is 1. The van der Waals surface area contributed by atoms with Crippen LogP contribution in [0.15, 0.2) is 53.1 Å². The fraction of sp³-hybridized carbons (Fsp3) is 0.417. The van der Waals surface area contributed by atoms with Gasteiger partial charge < -0.3 is 0 Å². The van der Waals surface area contributed by atoms with Gasteiger partial charge in [0.15, 0.2) is 0 Å². The van der Waals surface area contributed by atoms with Crippen LogP contribution in [0, 0.1) is 10.8 Å². The van der Waals surface area contributed by atoms with E-state index in [4.69, 9.17) is 0 Å².